The molecule has 2 aromatic rings. The molecule has 2 atom stereocenters. The molecular weight excluding hydrogens is 250 g/mol. The molecule has 1 saturated heterocycles. The highest BCUT2D eigenvalue weighted by Gasteiger charge is 2.35. The number of nitrogens with zero attached hydrogens (tertiary/aromatic N) is 3. The van der Waals surface area contributed by atoms with E-state index in [1.807, 2.05) is 18.2 Å². The van der Waals surface area contributed by atoms with Crippen LogP contribution in [0.4, 0.5) is 0 Å². The van der Waals surface area contributed by atoms with E-state index in [1.54, 1.807) is 0 Å². The average Bonchev–Trinajstić information content (AvgIpc) is 3.10. The van der Waals surface area contributed by atoms with E-state index in [0.29, 0.717) is 17.5 Å². The largest absolute Gasteiger partial charge is 0.378 e. The molecule has 0 spiro atoms. The summed E-state index contributed by atoms with van der Waals surface area (Å²) in [5.74, 6) is 1.54. The molecule has 4 nitrogen and oxygen atoms in total. The van der Waals surface area contributed by atoms with Gasteiger partial charge in [-0.1, -0.05) is 0 Å². The lowest BCUT2D eigenvalue weighted by Gasteiger charge is -2.16. The first-order valence-corrected chi connectivity index (χ1v) is 7.31. The lowest BCUT2D eigenvalue weighted by atomic mass is 10.0. The molecule has 20 heavy (non-hydrogen) atoms. The second-order valence-electron chi connectivity index (χ2n) is 5.86. The van der Waals surface area contributed by atoms with Crippen LogP contribution in [-0.2, 0) is 4.74 Å². The fourth-order valence-corrected chi connectivity index (χ4v) is 3.24. The van der Waals surface area contributed by atoms with E-state index in [2.05, 4.69) is 17.6 Å². The summed E-state index contributed by atoms with van der Waals surface area (Å²) in [5.41, 5.74) is 2.80. The molecule has 1 saturated carbocycles. The molecule has 2 unspecified atom stereocenters. The van der Waals surface area contributed by atoms with Crippen molar-refractivity contribution >= 4 is 11.0 Å². The Bertz CT molecular complexity index is 708. The van der Waals surface area contributed by atoms with Gasteiger partial charge >= 0.3 is 0 Å². The smallest absolute Gasteiger partial charge is 0.115 e. The van der Waals surface area contributed by atoms with Crippen molar-refractivity contribution in [3.05, 3.63) is 29.6 Å². The maximum Gasteiger partial charge on any atom is 0.115 e. The van der Waals surface area contributed by atoms with Gasteiger partial charge in [0.1, 0.15) is 5.82 Å². The van der Waals surface area contributed by atoms with E-state index in [0.717, 1.165) is 24.4 Å². The normalized spacial score (nSPS) is 26.0. The molecule has 1 aliphatic heterocycles. The molecule has 4 heteroatoms. The number of nitriles is 1. The Morgan fingerprint density at radius 3 is 2.85 bits per heavy atom. The Morgan fingerprint density at radius 2 is 2.20 bits per heavy atom. The lowest BCUT2D eigenvalue weighted by Crippen LogP contribution is -2.15. The third kappa shape index (κ3) is 1.74. The van der Waals surface area contributed by atoms with Gasteiger partial charge in [-0.2, -0.15) is 5.26 Å². The van der Waals surface area contributed by atoms with Crippen molar-refractivity contribution in [1.82, 2.24) is 9.55 Å². The number of hydrogen-bond acceptors (Lipinski definition) is 3. The summed E-state index contributed by atoms with van der Waals surface area (Å²) in [5, 5.41) is 9.04. The molecule has 4 rings (SSSR count). The molecular formula is C16H17N3O. The zero-order valence-electron chi connectivity index (χ0n) is 11.5. The van der Waals surface area contributed by atoms with E-state index >= 15 is 0 Å². The quantitative estimate of drug-likeness (QED) is 0.840. The van der Waals surface area contributed by atoms with Crippen molar-refractivity contribution in [2.45, 2.75) is 44.2 Å². The van der Waals surface area contributed by atoms with Crippen molar-refractivity contribution in [1.29, 1.82) is 5.26 Å². The SMILES string of the molecule is CC1OCCC1c1nc2cc(C#N)ccc2n1C1CC1. The highest BCUT2D eigenvalue weighted by molar-refractivity contribution is 5.78. The minimum atomic E-state index is 0.236. The zero-order chi connectivity index (χ0) is 13.7. The summed E-state index contributed by atoms with van der Waals surface area (Å²) in [7, 11) is 0. The molecule has 0 amide bonds. The first-order chi connectivity index (χ1) is 9.78. The predicted molar refractivity (Wildman–Crippen MR) is 75.5 cm³/mol. The van der Waals surface area contributed by atoms with Crippen LogP contribution < -0.4 is 0 Å². The van der Waals surface area contributed by atoms with Gasteiger partial charge in [0.15, 0.2) is 0 Å². The molecule has 0 radical (unpaired) electrons. The minimum absolute atomic E-state index is 0.236. The van der Waals surface area contributed by atoms with E-state index in [1.165, 1.54) is 18.4 Å². The fraction of sp³-hybridized carbons (Fsp3) is 0.500. The van der Waals surface area contributed by atoms with Gasteiger partial charge in [0.25, 0.3) is 0 Å². The van der Waals surface area contributed by atoms with E-state index in [-0.39, 0.29) is 6.10 Å². The monoisotopic (exact) mass is 267 g/mol. The number of benzene rings is 1. The molecule has 2 heterocycles. The summed E-state index contributed by atoms with van der Waals surface area (Å²) in [4.78, 5) is 4.85. The third-order valence-electron chi connectivity index (χ3n) is 4.47. The first kappa shape index (κ1) is 11.9. The second kappa shape index (κ2) is 4.32. The average molecular weight is 267 g/mol. The topological polar surface area (TPSA) is 50.8 Å². The molecule has 102 valence electrons. The van der Waals surface area contributed by atoms with Gasteiger partial charge in [0, 0.05) is 18.6 Å². The fourth-order valence-electron chi connectivity index (χ4n) is 3.24. The maximum atomic E-state index is 9.04. The number of fused-ring (bicyclic) bond motifs is 1. The van der Waals surface area contributed by atoms with Crippen molar-refractivity contribution in [2.75, 3.05) is 6.61 Å². The van der Waals surface area contributed by atoms with E-state index < -0.39 is 0 Å². The Hall–Kier alpha value is -1.86. The Kier molecular flexibility index (Phi) is 2.58. The van der Waals surface area contributed by atoms with Gasteiger partial charge in [-0.3, -0.25) is 0 Å². The van der Waals surface area contributed by atoms with Crippen LogP contribution in [0.1, 0.15) is 49.5 Å². The van der Waals surface area contributed by atoms with Crippen LogP contribution in [0.2, 0.25) is 0 Å². The summed E-state index contributed by atoms with van der Waals surface area (Å²) in [6.07, 6.45) is 3.75. The second-order valence-corrected chi connectivity index (χ2v) is 5.86. The van der Waals surface area contributed by atoms with Crippen LogP contribution in [0.15, 0.2) is 18.2 Å². The molecule has 0 bridgehead atoms. The van der Waals surface area contributed by atoms with Crippen molar-refractivity contribution in [3.8, 4) is 6.07 Å². The zero-order valence-corrected chi connectivity index (χ0v) is 11.5. The van der Waals surface area contributed by atoms with Crippen molar-refractivity contribution in [3.63, 3.8) is 0 Å². The van der Waals surface area contributed by atoms with Crippen LogP contribution in [0.25, 0.3) is 11.0 Å². The van der Waals surface area contributed by atoms with Crippen LogP contribution in [0.3, 0.4) is 0 Å². The van der Waals surface area contributed by atoms with E-state index in [9.17, 15) is 0 Å². The van der Waals surface area contributed by atoms with Crippen LogP contribution in [-0.4, -0.2) is 22.3 Å². The van der Waals surface area contributed by atoms with Gasteiger partial charge in [-0.25, -0.2) is 4.98 Å². The lowest BCUT2D eigenvalue weighted by molar-refractivity contribution is 0.117. The standard InChI is InChI=1S/C16H17N3O/c1-10-13(6-7-20-10)16-18-14-8-11(9-17)2-5-15(14)19(16)12-3-4-12/h2,5,8,10,12-13H,3-4,6-7H2,1H3. The summed E-state index contributed by atoms with van der Waals surface area (Å²) >= 11 is 0. The molecule has 1 aromatic carbocycles. The number of aromatic nitrogens is 2. The van der Waals surface area contributed by atoms with Crippen LogP contribution in [0.5, 0.6) is 0 Å². The Labute approximate surface area is 118 Å². The highest BCUT2D eigenvalue weighted by atomic mass is 16.5. The summed E-state index contributed by atoms with van der Waals surface area (Å²) in [6.45, 7) is 2.96. The summed E-state index contributed by atoms with van der Waals surface area (Å²) in [6, 6.07) is 8.63. The molecule has 2 aliphatic rings. The highest BCUT2D eigenvalue weighted by Crippen LogP contribution is 2.42. The molecule has 1 aromatic heterocycles. The first-order valence-electron chi connectivity index (χ1n) is 7.31. The minimum Gasteiger partial charge on any atom is -0.378 e. The van der Waals surface area contributed by atoms with Crippen molar-refractivity contribution in [2.24, 2.45) is 0 Å². The van der Waals surface area contributed by atoms with Gasteiger partial charge in [0.05, 0.1) is 28.8 Å². The van der Waals surface area contributed by atoms with Crippen molar-refractivity contribution < 1.29 is 4.74 Å². The van der Waals surface area contributed by atoms with Crippen LogP contribution >= 0.6 is 0 Å². The molecule has 0 N–H and O–H groups in total. The van der Waals surface area contributed by atoms with Gasteiger partial charge in [-0.15, -0.1) is 0 Å². The third-order valence-corrected chi connectivity index (χ3v) is 4.47. The maximum absolute atomic E-state index is 9.04. The van der Waals surface area contributed by atoms with Gasteiger partial charge in [0.2, 0.25) is 0 Å². The summed E-state index contributed by atoms with van der Waals surface area (Å²) < 4.78 is 8.11. The van der Waals surface area contributed by atoms with E-state index in [4.69, 9.17) is 15.0 Å². The Balaban J connectivity index is 1.90. The molecule has 2 fully saturated rings. The Morgan fingerprint density at radius 1 is 1.35 bits per heavy atom. The van der Waals surface area contributed by atoms with Crippen LogP contribution in [0, 0.1) is 11.3 Å². The predicted octanol–water partition coefficient (Wildman–Crippen LogP) is 3.14. The number of ether oxygens (including phenoxy) is 1. The van der Waals surface area contributed by atoms with Gasteiger partial charge < -0.3 is 9.30 Å². The van der Waals surface area contributed by atoms with Gasteiger partial charge in [-0.05, 0) is 44.4 Å². The number of rotatable bonds is 2. The number of imidazole rings is 1. The molecule has 1 aliphatic carbocycles. The number of hydrogen-bond donors (Lipinski definition) is 0.